The van der Waals surface area contributed by atoms with Gasteiger partial charge >= 0.3 is 0 Å². The standard InChI is InChI=1S/C29H28N4O2S/c1-18-9-12-21(13-10-18)24-16-25(22-7-5-4-6-8-22)33(32-24)29-31-28(35)26(36-29)17-27(34)30-23-14-11-19(2)20(3)15-23/h4-15,25-26H,16-17H2,1-3H3,(H,30,34)/t25-,26-/m0/s1. The molecule has 0 aliphatic carbocycles. The average Bonchev–Trinajstić information content (AvgIpc) is 3.46. The number of rotatable bonds is 5. The summed E-state index contributed by atoms with van der Waals surface area (Å²) >= 11 is 1.32. The van der Waals surface area contributed by atoms with Crippen molar-refractivity contribution in [3.63, 3.8) is 0 Å². The lowest BCUT2D eigenvalue weighted by Crippen LogP contribution is -2.25. The van der Waals surface area contributed by atoms with Crippen LogP contribution in [0, 0.1) is 20.8 Å². The van der Waals surface area contributed by atoms with Gasteiger partial charge in [-0.2, -0.15) is 10.1 Å². The number of amidine groups is 1. The number of carbonyl (C=O) groups is 2. The molecule has 0 saturated heterocycles. The Balaban J connectivity index is 1.33. The van der Waals surface area contributed by atoms with Gasteiger partial charge in [0.25, 0.3) is 5.91 Å². The van der Waals surface area contributed by atoms with E-state index in [0.717, 1.165) is 33.7 Å². The number of nitrogens with one attached hydrogen (secondary N) is 1. The van der Waals surface area contributed by atoms with Gasteiger partial charge in [0.15, 0.2) is 5.17 Å². The summed E-state index contributed by atoms with van der Waals surface area (Å²) < 4.78 is 0. The Bertz CT molecular complexity index is 1370. The molecule has 2 amide bonds. The van der Waals surface area contributed by atoms with Crippen molar-refractivity contribution >= 4 is 40.1 Å². The molecule has 2 aliphatic rings. The first-order valence-corrected chi connectivity index (χ1v) is 12.9. The van der Waals surface area contributed by atoms with E-state index in [2.05, 4.69) is 53.6 Å². The highest BCUT2D eigenvalue weighted by molar-refractivity contribution is 8.15. The Hall–Kier alpha value is -3.71. The molecular weight excluding hydrogens is 468 g/mol. The Morgan fingerprint density at radius 1 is 1.00 bits per heavy atom. The van der Waals surface area contributed by atoms with Crippen LogP contribution in [-0.2, 0) is 9.59 Å². The maximum absolute atomic E-state index is 12.8. The highest BCUT2D eigenvalue weighted by atomic mass is 32.2. The van der Waals surface area contributed by atoms with Crippen molar-refractivity contribution in [1.29, 1.82) is 0 Å². The van der Waals surface area contributed by atoms with Crippen LogP contribution in [0.25, 0.3) is 0 Å². The predicted octanol–water partition coefficient (Wildman–Crippen LogP) is 5.79. The monoisotopic (exact) mass is 496 g/mol. The number of carbonyl (C=O) groups excluding carboxylic acids is 2. The molecule has 0 spiro atoms. The molecule has 5 rings (SSSR count). The number of hydrogen-bond donors (Lipinski definition) is 1. The van der Waals surface area contributed by atoms with Gasteiger partial charge in [-0.05, 0) is 55.2 Å². The Morgan fingerprint density at radius 3 is 2.47 bits per heavy atom. The summed E-state index contributed by atoms with van der Waals surface area (Å²) in [7, 11) is 0. The number of hydrogen-bond acceptors (Lipinski definition) is 5. The van der Waals surface area contributed by atoms with E-state index in [-0.39, 0.29) is 24.3 Å². The highest BCUT2D eigenvalue weighted by Gasteiger charge is 2.39. The molecule has 0 unspecified atom stereocenters. The van der Waals surface area contributed by atoms with E-state index in [9.17, 15) is 9.59 Å². The number of aliphatic imine (C=N–C) groups is 1. The van der Waals surface area contributed by atoms with Crippen LogP contribution < -0.4 is 5.32 Å². The number of aryl methyl sites for hydroxylation is 3. The lowest BCUT2D eigenvalue weighted by Gasteiger charge is -2.23. The van der Waals surface area contributed by atoms with Crippen LogP contribution in [-0.4, -0.2) is 33.0 Å². The van der Waals surface area contributed by atoms with E-state index < -0.39 is 5.25 Å². The molecule has 0 radical (unpaired) electrons. The number of thioether (sulfide) groups is 1. The van der Waals surface area contributed by atoms with E-state index in [1.807, 2.05) is 55.3 Å². The van der Waals surface area contributed by atoms with Gasteiger partial charge in [-0.1, -0.05) is 78.0 Å². The topological polar surface area (TPSA) is 74.1 Å². The molecule has 0 bridgehead atoms. The van der Waals surface area contributed by atoms with Crippen molar-refractivity contribution in [2.24, 2.45) is 10.1 Å². The second-order valence-electron chi connectivity index (χ2n) is 9.28. The first kappa shape index (κ1) is 24.0. The van der Waals surface area contributed by atoms with Crippen molar-refractivity contribution in [2.75, 3.05) is 5.32 Å². The summed E-state index contributed by atoms with van der Waals surface area (Å²) in [6.45, 7) is 6.10. The molecule has 182 valence electrons. The van der Waals surface area contributed by atoms with Crippen LogP contribution >= 0.6 is 11.8 Å². The fraction of sp³-hybridized carbons (Fsp3) is 0.241. The molecule has 7 heteroatoms. The molecule has 0 fully saturated rings. The zero-order valence-corrected chi connectivity index (χ0v) is 21.4. The van der Waals surface area contributed by atoms with Crippen LogP contribution in [0.3, 0.4) is 0 Å². The molecule has 3 aromatic carbocycles. The summed E-state index contributed by atoms with van der Waals surface area (Å²) in [5, 5.41) is 9.65. The Labute approximate surface area is 215 Å². The molecule has 2 heterocycles. The maximum atomic E-state index is 12.8. The summed E-state index contributed by atoms with van der Waals surface area (Å²) in [5.74, 6) is -0.499. The van der Waals surface area contributed by atoms with E-state index >= 15 is 0 Å². The molecule has 2 aliphatic heterocycles. The minimum absolute atomic E-state index is 0.0573. The first-order chi connectivity index (χ1) is 17.4. The predicted molar refractivity (Wildman–Crippen MR) is 146 cm³/mol. The van der Waals surface area contributed by atoms with Gasteiger partial charge in [0, 0.05) is 18.5 Å². The molecule has 0 aromatic heterocycles. The lowest BCUT2D eigenvalue weighted by atomic mass is 9.98. The van der Waals surface area contributed by atoms with Gasteiger partial charge in [-0.15, -0.1) is 0 Å². The second kappa shape index (κ2) is 10.1. The fourth-order valence-corrected chi connectivity index (χ4v) is 5.41. The highest BCUT2D eigenvalue weighted by Crippen LogP contribution is 2.38. The van der Waals surface area contributed by atoms with Crippen LogP contribution in [0.5, 0.6) is 0 Å². The summed E-state index contributed by atoms with van der Waals surface area (Å²) in [4.78, 5) is 29.9. The van der Waals surface area contributed by atoms with Crippen LogP contribution in [0.2, 0.25) is 0 Å². The molecule has 0 saturated carbocycles. The van der Waals surface area contributed by atoms with Gasteiger partial charge in [-0.25, -0.2) is 5.01 Å². The summed E-state index contributed by atoms with van der Waals surface area (Å²) in [5.41, 5.74) is 7.31. The third-order valence-electron chi connectivity index (χ3n) is 6.57. The number of hydrazone groups is 1. The average molecular weight is 497 g/mol. The van der Waals surface area contributed by atoms with Crippen molar-refractivity contribution in [3.8, 4) is 0 Å². The normalized spacial score (nSPS) is 19.3. The number of amides is 2. The minimum Gasteiger partial charge on any atom is -0.326 e. The van der Waals surface area contributed by atoms with E-state index in [1.165, 1.54) is 17.3 Å². The van der Waals surface area contributed by atoms with Crippen LogP contribution in [0.4, 0.5) is 5.69 Å². The summed E-state index contributed by atoms with van der Waals surface area (Å²) in [6.07, 6.45) is 0.764. The number of benzene rings is 3. The zero-order valence-electron chi connectivity index (χ0n) is 20.6. The molecule has 3 aromatic rings. The first-order valence-electron chi connectivity index (χ1n) is 12.0. The number of anilines is 1. The molecule has 1 N–H and O–H groups in total. The van der Waals surface area contributed by atoms with Crippen molar-refractivity contribution < 1.29 is 9.59 Å². The van der Waals surface area contributed by atoms with E-state index in [4.69, 9.17) is 5.10 Å². The van der Waals surface area contributed by atoms with Crippen molar-refractivity contribution in [1.82, 2.24) is 5.01 Å². The van der Waals surface area contributed by atoms with E-state index in [0.29, 0.717) is 11.6 Å². The largest absolute Gasteiger partial charge is 0.326 e. The third kappa shape index (κ3) is 5.11. The smallest absolute Gasteiger partial charge is 0.262 e. The van der Waals surface area contributed by atoms with Crippen LogP contribution in [0.15, 0.2) is 82.9 Å². The Kier molecular flexibility index (Phi) is 6.74. The Morgan fingerprint density at radius 2 is 1.75 bits per heavy atom. The van der Waals surface area contributed by atoms with Crippen molar-refractivity contribution in [2.45, 2.75) is 44.9 Å². The molecule has 6 nitrogen and oxygen atoms in total. The third-order valence-corrected chi connectivity index (χ3v) is 7.71. The quantitative estimate of drug-likeness (QED) is 0.485. The van der Waals surface area contributed by atoms with E-state index in [1.54, 1.807) is 0 Å². The minimum atomic E-state index is -0.568. The lowest BCUT2D eigenvalue weighted by molar-refractivity contribution is -0.121. The second-order valence-corrected chi connectivity index (χ2v) is 10.4. The zero-order chi connectivity index (χ0) is 25.2. The van der Waals surface area contributed by atoms with Gasteiger partial charge in [0.05, 0.1) is 11.8 Å². The van der Waals surface area contributed by atoms with Crippen LogP contribution in [0.1, 0.15) is 46.7 Å². The van der Waals surface area contributed by atoms with Gasteiger partial charge < -0.3 is 5.32 Å². The molecule has 2 atom stereocenters. The fourth-order valence-electron chi connectivity index (χ4n) is 4.35. The van der Waals surface area contributed by atoms with Gasteiger partial charge in [0.1, 0.15) is 5.25 Å². The van der Waals surface area contributed by atoms with Gasteiger partial charge in [0.2, 0.25) is 5.91 Å². The number of nitrogens with zero attached hydrogens (tertiary/aromatic N) is 3. The SMILES string of the molecule is Cc1ccc(C2=NN(C3=NC(=O)[C@H](CC(=O)Nc4ccc(C)c(C)c4)S3)[C@H](c3ccccc3)C2)cc1. The maximum Gasteiger partial charge on any atom is 0.262 e. The molecular formula is C29H28N4O2S. The molecule has 36 heavy (non-hydrogen) atoms. The van der Waals surface area contributed by atoms with Gasteiger partial charge in [-0.3, -0.25) is 9.59 Å². The van der Waals surface area contributed by atoms with Crippen molar-refractivity contribution in [3.05, 3.63) is 101 Å². The summed E-state index contributed by atoms with van der Waals surface area (Å²) in [6, 6.07) is 24.2.